The Labute approximate surface area is 204 Å². The molecule has 0 aliphatic rings. The van der Waals surface area contributed by atoms with Crippen LogP contribution in [0.3, 0.4) is 0 Å². The van der Waals surface area contributed by atoms with Crippen LogP contribution < -0.4 is 20.3 Å². The molecule has 0 aliphatic carbocycles. The number of amides is 2. The van der Waals surface area contributed by atoms with Gasteiger partial charge in [0.25, 0.3) is 5.56 Å². The molecule has 0 radical (unpaired) electrons. The Kier molecular flexibility index (Phi) is 7.35. The van der Waals surface area contributed by atoms with Crippen molar-refractivity contribution in [1.29, 1.82) is 0 Å². The van der Waals surface area contributed by atoms with Crippen molar-refractivity contribution in [3.05, 3.63) is 99.8 Å². The second-order valence-electron chi connectivity index (χ2n) is 8.31. The van der Waals surface area contributed by atoms with Crippen LogP contribution in [0, 0.1) is 6.92 Å². The van der Waals surface area contributed by atoms with E-state index in [0.717, 1.165) is 16.5 Å². The van der Waals surface area contributed by atoms with Crippen LogP contribution in [-0.2, 0) is 13.0 Å². The number of nitrogens with zero attached hydrogens (tertiary/aromatic N) is 1. The minimum atomic E-state index is -0.312. The quantitative estimate of drug-likeness (QED) is 0.373. The van der Waals surface area contributed by atoms with Gasteiger partial charge in [-0.25, -0.2) is 4.79 Å². The van der Waals surface area contributed by atoms with Crippen LogP contribution in [0.2, 0.25) is 0 Å². The second-order valence-corrected chi connectivity index (χ2v) is 8.31. The standard InChI is InChI=1S/C28H29N3O4/c1-19-8-4-5-9-20(19)14-15-31(28(33)30-25-10-6-7-11-26(25)35-3)18-22-16-21-17-23(34-2)12-13-24(21)29-27(22)32/h4-13,16-17H,14-15,18H2,1-3H3,(H,29,32)(H,30,33). The van der Waals surface area contributed by atoms with Gasteiger partial charge in [0.1, 0.15) is 11.5 Å². The van der Waals surface area contributed by atoms with E-state index in [1.807, 2.05) is 42.5 Å². The Bertz CT molecular complexity index is 1400. The second kappa shape index (κ2) is 10.8. The van der Waals surface area contributed by atoms with Crippen LogP contribution >= 0.6 is 0 Å². The molecule has 1 heterocycles. The summed E-state index contributed by atoms with van der Waals surface area (Å²) in [6.07, 6.45) is 0.658. The number of urea groups is 1. The summed E-state index contributed by atoms with van der Waals surface area (Å²) in [7, 11) is 3.16. The summed E-state index contributed by atoms with van der Waals surface area (Å²) in [5.41, 5.74) is 3.86. The average molecular weight is 472 g/mol. The predicted molar refractivity (Wildman–Crippen MR) is 138 cm³/mol. The zero-order chi connectivity index (χ0) is 24.8. The third-order valence-corrected chi connectivity index (χ3v) is 6.04. The fourth-order valence-electron chi connectivity index (χ4n) is 4.02. The molecule has 0 aliphatic heterocycles. The van der Waals surface area contributed by atoms with Gasteiger partial charge in [0.2, 0.25) is 0 Å². The Hall–Kier alpha value is -4.26. The SMILES string of the molecule is COc1ccc2[nH]c(=O)c(CN(CCc3ccccc3C)C(=O)Nc3ccccc3OC)cc2c1. The van der Waals surface area contributed by atoms with Gasteiger partial charge in [-0.1, -0.05) is 36.4 Å². The van der Waals surface area contributed by atoms with Gasteiger partial charge in [-0.2, -0.15) is 0 Å². The smallest absolute Gasteiger partial charge is 0.322 e. The number of rotatable bonds is 8. The third-order valence-electron chi connectivity index (χ3n) is 6.04. The lowest BCUT2D eigenvalue weighted by atomic mass is 10.1. The number of hydrogen-bond acceptors (Lipinski definition) is 4. The van der Waals surface area contributed by atoms with E-state index in [9.17, 15) is 9.59 Å². The Morgan fingerprint density at radius 1 is 0.943 bits per heavy atom. The lowest BCUT2D eigenvalue weighted by Crippen LogP contribution is -2.37. The molecular formula is C28H29N3O4. The highest BCUT2D eigenvalue weighted by atomic mass is 16.5. The molecule has 0 spiro atoms. The highest BCUT2D eigenvalue weighted by Crippen LogP contribution is 2.24. The number of aromatic nitrogens is 1. The Morgan fingerprint density at radius 2 is 1.71 bits per heavy atom. The van der Waals surface area contributed by atoms with E-state index < -0.39 is 0 Å². The van der Waals surface area contributed by atoms with E-state index in [2.05, 4.69) is 29.4 Å². The first-order valence-corrected chi connectivity index (χ1v) is 11.4. The minimum Gasteiger partial charge on any atom is -0.497 e. The number of anilines is 1. The molecule has 4 aromatic rings. The van der Waals surface area contributed by atoms with Crippen LogP contribution in [0.15, 0.2) is 77.6 Å². The predicted octanol–water partition coefficient (Wildman–Crippen LogP) is 5.13. The summed E-state index contributed by atoms with van der Waals surface area (Å²) in [6.45, 7) is 2.63. The number of H-pyrrole nitrogens is 1. The lowest BCUT2D eigenvalue weighted by Gasteiger charge is -2.24. The number of aromatic amines is 1. The Balaban J connectivity index is 1.64. The fraction of sp³-hybridized carbons (Fsp3) is 0.214. The van der Waals surface area contributed by atoms with E-state index in [1.165, 1.54) is 0 Å². The number of carbonyl (C=O) groups excluding carboxylic acids is 1. The summed E-state index contributed by atoms with van der Waals surface area (Å²) in [5, 5.41) is 3.77. The molecule has 0 saturated heterocycles. The van der Waals surface area contributed by atoms with Crippen LogP contribution in [0.25, 0.3) is 10.9 Å². The zero-order valence-electron chi connectivity index (χ0n) is 20.1. The molecule has 2 amide bonds. The number of pyridine rings is 1. The number of aryl methyl sites for hydroxylation is 1. The summed E-state index contributed by atoms with van der Waals surface area (Å²) in [4.78, 5) is 30.8. The van der Waals surface area contributed by atoms with Crippen molar-refractivity contribution in [2.75, 3.05) is 26.1 Å². The number of fused-ring (bicyclic) bond motifs is 1. The maximum absolute atomic E-state index is 13.4. The first-order chi connectivity index (χ1) is 17.0. The van der Waals surface area contributed by atoms with Crippen molar-refractivity contribution in [2.45, 2.75) is 19.9 Å². The van der Waals surface area contributed by atoms with Crippen LogP contribution in [0.1, 0.15) is 16.7 Å². The first-order valence-electron chi connectivity index (χ1n) is 11.4. The molecule has 0 bridgehead atoms. The average Bonchev–Trinajstić information content (AvgIpc) is 2.87. The van der Waals surface area contributed by atoms with E-state index in [1.54, 1.807) is 37.3 Å². The molecule has 4 rings (SSSR count). The van der Waals surface area contributed by atoms with Crippen molar-refractivity contribution in [3.8, 4) is 11.5 Å². The third kappa shape index (κ3) is 5.63. The molecule has 3 aromatic carbocycles. The maximum atomic E-state index is 13.4. The highest BCUT2D eigenvalue weighted by molar-refractivity contribution is 5.91. The molecule has 2 N–H and O–H groups in total. The molecule has 0 unspecified atom stereocenters. The van der Waals surface area contributed by atoms with Crippen molar-refractivity contribution >= 4 is 22.6 Å². The number of para-hydroxylation sites is 2. The molecule has 0 fully saturated rings. The van der Waals surface area contributed by atoms with E-state index in [4.69, 9.17) is 9.47 Å². The van der Waals surface area contributed by atoms with Crippen LogP contribution in [0.4, 0.5) is 10.5 Å². The largest absolute Gasteiger partial charge is 0.497 e. The maximum Gasteiger partial charge on any atom is 0.322 e. The monoisotopic (exact) mass is 471 g/mol. The molecule has 1 aromatic heterocycles. The molecule has 7 nitrogen and oxygen atoms in total. The Morgan fingerprint density at radius 3 is 2.49 bits per heavy atom. The number of methoxy groups -OCH3 is 2. The number of benzene rings is 3. The molecule has 180 valence electrons. The topological polar surface area (TPSA) is 83.7 Å². The summed E-state index contributed by atoms with van der Waals surface area (Å²) in [6, 6.07) is 22.3. The molecule has 0 atom stereocenters. The molecule has 0 saturated carbocycles. The van der Waals surface area contributed by atoms with Gasteiger partial charge in [-0.3, -0.25) is 4.79 Å². The molecule has 7 heteroatoms. The fourth-order valence-corrected chi connectivity index (χ4v) is 4.02. The number of carbonyl (C=O) groups is 1. The summed E-state index contributed by atoms with van der Waals surface area (Å²) >= 11 is 0. The summed E-state index contributed by atoms with van der Waals surface area (Å²) < 4.78 is 10.7. The van der Waals surface area contributed by atoms with Crippen molar-refractivity contribution < 1.29 is 14.3 Å². The lowest BCUT2D eigenvalue weighted by molar-refractivity contribution is 0.209. The number of hydrogen-bond donors (Lipinski definition) is 2. The van der Waals surface area contributed by atoms with Gasteiger partial charge < -0.3 is 24.7 Å². The van der Waals surface area contributed by atoms with Crippen molar-refractivity contribution in [1.82, 2.24) is 9.88 Å². The van der Waals surface area contributed by atoms with Crippen molar-refractivity contribution in [3.63, 3.8) is 0 Å². The molecule has 35 heavy (non-hydrogen) atoms. The molecular weight excluding hydrogens is 442 g/mol. The first kappa shape index (κ1) is 23.9. The normalized spacial score (nSPS) is 10.7. The van der Waals surface area contributed by atoms with Gasteiger partial charge in [0, 0.05) is 23.0 Å². The number of ether oxygens (including phenoxy) is 2. The zero-order valence-corrected chi connectivity index (χ0v) is 20.1. The van der Waals surface area contributed by atoms with Crippen LogP contribution in [0.5, 0.6) is 11.5 Å². The van der Waals surface area contributed by atoms with Gasteiger partial charge in [0.15, 0.2) is 0 Å². The van der Waals surface area contributed by atoms with Gasteiger partial charge in [0.05, 0.1) is 26.5 Å². The van der Waals surface area contributed by atoms with E-state index in [-0.39, 0.29) is 18.1 Å². The van der Waals surface area contributed by atoms with E-state index in [0.29, 0.717) is 41.2 Å². The minimum absolute atomic E-state index is 0.148. The highest BCUT2D eigenvalue weighted by Gasteiger charge is 2.18. The van der Waals surface area contributed by atoms with Gasteiger partial charge >= 0.3 is 6.03 Å². The van der Waals surface area contributed by atoms with Gasteiger partial charge in [-0.15, -0.1) is 0 Å². The van der Waals surface area contributed by atoms with Crippen molar-refractivity contribution in [2.24, 2.45) is 0 Å². The van der Waals surface area contributed by atoms with Gasteiger partial charge in [-0.05, 0) is 60.9 Å². The number of nitrogens with one attached hydrogen (secondary N) is 2. The summed E-state index contributed by atoms with van der Waals surface area (Å²) in [5.74, 6) is 1.26. The van der Waals surface area contributed by atoms with E-state index >= 15 is 0 Å². The van der Waals surface area contributed by atoms with Crippen LogP contribution in [-0.4, -0.2) is 36.7 Å².